The third kappa shape index (κ3) is 1.65. The van der Waals surface area contributed by atoms with E-state index in [1.165, 1.54) is 0 Å². The van der Waals surface area contributed by atoms with E-state index in [2.05, 4.69) is 4.98 Å². The lowest BCUT2D eigenvalue weighted by Gasteiger charge is -2.02. The van der Waals surface area contributed by atoms with Gasteiger partial charge in [0, 0.05) is 6.07 Å². The van der Waals surface area contributed by atoms with Gasteiger partial charge in [-0.1, -0.05) is 11.6 Å². The number of halogens is 2. The fraction of sp³-hybridized carbons (Fsp3) is 0. The van der Waals surface area contributed by atoms with Gasteiger partial charge in [-0.3, -0.25) is 4.79 Å². The van der Waals surface area contributed by atoms with Crippen LogP contribution in [0, 0.1) is 5.82 Å². The molecule has 0 radical (unpaired) electrons. The molecule has 0 atom stereocenters. The highest BCUT2D eigenvalue weighted by Crippen LogP contribution is 2.20. The maximum Gasteiger partial charge on any atom is 0.352 e. The maximum atomic E-state index is 13.0. The molecule has 1 aromatic carbocycles. The van der Waals surface area contributed by atoms with E-state index in [4.69, 9.17) is 16.7 Å². The van der Waals surface area contributed by atoms with Crippen molar-refractivity contribution in [2.24, 2.45) is 0 Å². The summed E-state index contributed by atoms with van der Waals surface area (Å²) in [6, 6.07) is 2.93. The van der Waals surface area contributed by atoms with Crippen LogP contribution in [0.2, 0.25) is 5.02 Å². The van der Waals surface area contributed by atoms with Crippen molar-refractivity contribution in [2.75, 3.05) is 0 Å². The van der Waals surface area contributed by atoms with Gasteiger partial charge in [0.15, 0.2) is 5.43 Å². The molecule has 16 heavy (non-hydrogen) atoms. The number of hydrogen-bond donors (Lipinski definition) is 2. The third-order valence-electron chi connectivity index (χ3n) is 2.08. The first-order valence-corrected chi connectivity index (χ1v) is 4.62. The van der Waals surface area contributed by atoms with Crippen molar-refractivity contribution >= 4 is 28.5 Å². The summed E-state index contributed by atoms with van der Waals surface area (Å²) in [5.74, 6) is -1.94. The lowest BCUT2D eigenvalue weighted by Crippen LogP contribution is -2.10. The predicted octanol–water partition coefficient (Wildman–Crippen LogP) is 2.02. The first-order chi connectivity index (χ1) is 7.49. The number of pyridine rings is 1. The topological polar surface area (TPSA) is 70.2 Å². The molecule has 0 aliphatic heterocycles. The Morgan fingerprint density at radius 3 is 2.69 bits per heavy atom. The molecule has 0 amide bonds. The molecular formula is C10H5ClFNO3. The fourth-order valence-corrected chi connectivity index (χ4v) is 1.72. The lowest BCUT2D eigenvalue weighted by atomic mass is 10.2. The average molecular weight is 242 g/mol. The quantitative estimate of drug-likeness (QED) is 0.802. The standard InChI is InChI=1S/C10H5ClFNO3/c11-5-1-4(12)2-6-9(5)8(14)3-7(13-6)10(15)16/h1-3H,(H,13,14)(H,15,16). The van der Waals surface area contributed by atoms with Gasteiger partial charge in [-0.05, 0) is 12.1 Å². The molecule has 0 fully saturated rings. The Hall–Kier alpha value is -1.88. The van der Waals surface area contributed by atoms with Gasteiger partial charge in [-0.15, -0.1) is 0 Å². The van der Waals surface area contributed by atoms with Crippen molar-refractivity contribution in [1.82, 2.24) is 4.98 Å². The van der Waals surface area contributed by atoms with Crippen LogP contribution in [0.4, 0.5) is 4.39 Å². The summed E-state index contributed by atoms with van der Waals surface area (Å²) in [4.78, 5) is 24.6. The number of hydrogen-bond acceptors (Lipinski definition) is 2. The molecule has 2 rings (SSSR count). The van der Waals surface area contributed by atoms with Crippen LogP contribution in [0.25, 0.3) is 10.9 Å². The van der Waals surface area contributed by atoms with Crippen molar-refractivity contribution in [3.05, 3.63) is 45.0 Å². The number of carboxylic acids is 1. The van der Waals surface area contributed by atoms with Crippen molar-refractivity contribution in [3.8, 4) is 0 Å². The summed E-state index contributed by atoms with van der Waals surface area (Å²) in [6.45, 7) is 0. The monoisotopic (exact) mass is 241 g/mol. The van der Waals surface area contributed by atoms with Crippen molar-refractivity contribution in [2.45, 2.75) is 0 Å². The number of aromatic carboxylic acids is 1. The minimum absolute atomic E-state index is 0.0480. The normalized spacial score (nSPS) is 10.6. The second kappa shape index (κ2) is 3.61. The van der Waals surface area contributed by atoms with E-state index in [0.29, 0.717) is 0 Å². The SMILES string of the molecule is O=C(O)c1cc(=O)c2c(Cl)cc(F)cc2[nH]1. The number of fused-ring (bicyclic) bond motifs is 1. The molecule has 0 aliphatic rings. The molecule has 2 N–H and O–H groups in total. The lowest BCUT2D eigenvalue weighted by molar-refractivity contribution is 0.0691. The highest BCUT2D eigenvalue weighted by atomic mass is 35.5. The van der Waals surface area contributed by atoms with Crippen molar-refractivity contribution < 1.29 is 14.3 Å². The van der Waals surface area contributed by atoms with Gasteiger partial charge >= 0.3 is 5.97 Å². The zero-order chi connectivity index (χ0) is 11.9. The number of aromatic nitrogens is 1. The number of H-pyrrole nitrogens is 1. The Labute approximate surface area is 93.3 Å². The summed E-state index contributed by atoms with van der Waals surface area (Å²) in [6.07, 6.45) is 0. The molecule has 6 heteroatoms. The van der Waals surface area contributed by atoms with E-state index in [0.717, 1.165) is 18.2 Å². The Morgan fingerprint density at radius 1 is 1.38 bits per heavy atom. The van der Waals surface area contributed by atoms with Crippen LogP contribution < -0.4 is 5.43 Å². The molecule has 0 spiro atoms. The Balaban J connectivity index is 2.93. The van der Waals surface area contributed by atoms with Crippen molar-refractivity contribution in [1.29, 1.82) is 0 Å². The van der Waals surface area contributed by atoms with Crippen molar-refractivity contribution in [3.63, 3.8) is 0 Å². The molecule has 0 bridgehead atoms. The number of carbonyl (C=O) groups is 1. The smallest absolute Gasteiger partial charge is 0.352 e. The molecule has 0 saturated carbocycles. The van der Waals surface area contributed by atoms with Crippen LogP contribution >= 0.6 is 11.6 Å². The van der Waals surface area contributed by atoms with Gasteiger partial charge in [0.05, 0.1) is 15.9 Å². The molecule has 1 heterocycles. The zero-order valence-corrected chi connectivity index (χ0v) is 8.51. The van der Waals surface area contributed by atoms with Crippen LogP contribution in [-0.4, -0.2) is 16.1 Å². The van der Waals surface area contributed by atoms with Crippen LogP contribution in [-0.2, 0) is 0 Å². The van der Waals surface area contributed by atoms with Crippen LogP contribution in [0.1, 0.15) is 10.5 Å². The Bertz CT molecular complexity index is 650. The molecule has 2 aromatic rings. The second-order valence-corrected chi connectivity index (χ2v) is 3.57. The summed E-state index contributed by atoms with van der Waals surface area (Å²) < 4.78 is 13.0. The fourth-order valence-electron chi connectivity index (χ4n) is 1.42. The average Bonchev–Trinajstić information content (AvgIpc) is 2.15. The first kappa shape index (κ1) is 10.6. The number of aromatic amines is 1. The third-order valence-corrected chi connectivity index (χ3v) is 2.37. The number of nitrogens with one attached hydrogen (secondary N) is 1. The van der Waals surface area contributed by atoms with Gasteiger partial charge in [-0.2, -0.15) is 0 Å². The maximum absolute atomic E-state index is 13.0. The van der Waals surface area contributed by atoms with Gasteiger partial charge in [0.2, 0.25) is 0 Å². The minimum Gasteiger partial charge on any atom is -0.477 e. The van der Waals surface area contributed by atoms with Gasteiger partial charge in [0.1, 0.15) is 11.5 Å². The van der Waals surface area contributed by atoms with E-state index in [1.807, 2.05) is 0 Å². The first-order valence-electron chi connectivity index (χ1n) is 4.24. The molecule has 82 valence electrons. The van der Waals surface area contributed by atoms with Crippen LogP contribution in [0.5, 0.6) is 0 Å². The minimum atomic E-state index is -1.29. The van der Waals surface area contributed by atoms with E-state index >= 15 is 0 Å². The summed E-state index contributed by atoms with van der Waals surface area (Å²) >= 11 is 5.69. The van der Waals surface area contributed by atoms with E-state index in [9.17, 15) is 14.0 Å². The molecule has 1 aromatic heterocycles. The summed E-state index contributed by atoms with van der Waals surface area (Å²) in [7, 11) is 0. The molecule has 0 unspecified atom stereocenters. The number of rotatable bonds is 1. The highest BCUT2D eigenvalue weighted by Gasteiger charge is 2.11. The zero-order valence-electron chi connectivity index (χ0n) is 7.75. The molecule has 0 aliphatic carbocycles. The Kier molecular flexibility index (Phi) is 2.40. The predicted molar refractivity (Wildman–Crippen MR) is 56.5 cm³/mol. The molecule has 0 saturated heterocycles. The van der Waals surface area contributed by atoms with Crippen LogP contribution in [0.3, 0.4) is 0 Å². The van der Waals surface area contributed by atoms with E-state index < -0.39 is 17.2 Å². The number of benzene rings is 1. The largest absolute Gasteiger partial charge is 0.477 e. The second-order valence-electron chi connectivity index (χ2n) is 3.16. The number of carboxylic acid groups (broad SMARTS) is 1. The molecular weight excluding hydrogens is 237 g/mol. The van der Waals surface area contributed by atoms with Gasteiger partial charge < -0.3 is 10.1 Å². The van der Waals surface area contributed by atoms with Gasteiger partial charge in [-0.25, -0.2) is 9.18 Å². The van der Waals surface area contributed by atoms with Crippen LogP contribution in [0.15, 0.2) is 23.0 Å². The Morgan fingerprint density at radius 2 is 2.06 bits per heavy atom. The van der Waals surface area contributed by atoms with E-state index in [-0.39, 0.29) is 21.6 Å². The summed E-state index contributed by atoms with van der Waals surface area (Å²) in [5, 5.41) is 8.74. The summed E-state index contributed by atoms with van der Waals surface area (Å²) in [5.41, 5.74) is -0.801. The van der Waals surface area contributed by atoms with Gasteiger partial charge in [0.25, 0.3) is 0 Å². The van der Waals surface area contributed by atoms with E-state index in [1.54, 1.807) is 0 Å². The highest BCUT2D eigenvalue weighted by molar-refractivity contribution is 6.35. The molecule has 4 nitrogen and oxygen atoms in total.